The molecule has 3 heterocycles. The number of benzene rings is 2. The maximum Gasteiger partial charge on any atom is 0.332 e. The Labute approximate surface area is 198 Å². The van der Waals surface area contributed by atoms with Crippen molar-refractivity contribution in [3.05, 3.63) is 98.5 Å². The van der Waals surface area contributed by atoms with Crippen LogP contribution in [0, 0.1) is 5.92 Å². The van der Waals surface area contributed by atoms with E-state index < -0.39 is 0 Å². The van der Waals surface area contributed by atoms with E-state index in [1.807, 2.05) is 22.8 Å². The fourth-order valence-corrected chi connectivity index (χ4v) is 5.04. The van der Waals surface area contributed by atoms with Crippen LogP contribution >= 0.6 is 0 Å². The van der Waals surface area contributed by atoms with Crippen LogP contribution in [0.1, 0.15) is 29.8 Å². The summed E-state index contributed by atoms with van der Waals surface area (Å²) in [5.41, 5.74) is 2.80. The summed E-state index contributed by atoms with van der Waals surface area (Å²) >= 11 is 0. The predicted molar refractivity (Wildman–Crippen MR) is 134 cm³/mol. The highest BCUT2D eigenvalue weighted by Gasteiger charge is 2.24. The van der Waals surface area contributed by atoms with Gasteiger partial charge in [-0.25, -0.2) is 9.78 Å². The molecule has 1 aliphatic rings. The molecule has 0 radical (unpaired) electrons. The number of likely N-dealkylation sites (tertiary alicyclic amines) is 1. The zero-order chi connectivity index (χ0) is 23.7. The Balaban J connectivity index is 1.42. The van der Waals surface area contributed by atoms with Gasteiger partial charge in [-0.05, 0) is 49.4 Å². The number of imidazole rings is 1. The molecule has 0 bridgehead atoms. The molecule has 0 spiro atoms. The van der Waals surface area contributed by atoms with Crippen molar-refractivity contribution in [1.29, 1.82) is 0 Å². The third-order valence-corrected chi connectivity index (χ3v) is 7.05. The van der Waals surface area contributed by atoms with Crippen LogP contribution in [0.5, 0.6) is 0 Å². The first kappa shape index (κ1) is 22.3. The molecular formula is C27H31N5O2. The fourth-order valence-electron chi connectivity index (χ4n) is 5.04. The van der Waals surface area contributed by atoms with Crippen LogP contribution < -0.4 is 11.2 Å². The van der Waals surface area contributed by atoms with Gasteiger partial charge < -0.3 is 4.57 Å². The summed E-state index contributed by atoms with van der Waals surface area (Å²) < 4.78 is 4.65. The van der Waals surface area contributed by atoms with Crippen molar-refractivity contribution in [1.82, 2.24) is 23.6 Å². The van der Waals surface area contributed by atoms with Gasteiger partial charge in [0.05, 0.1) is 6.54 Å². The van der Waals surface area contributed by atoms with Crippen LogP contribution in [0.25, 0.3) is 11.2 Å². The average molecular weight is 458 g/mol. The Morgan fingerprint density at radius 3 is 2.09 bits per heavy atom. The van der Waals surface area contributed by atoms with E-state index in [1.54, 1.807) is 7.05 Å². The maximum absolute atomic E-state index is 13.1. The third kappa shape index (κ3) is 4.35. The lowest BCUT2D eigenvalue weighted by Crippen LogP contribution is -2.37. The number of hydrogen-bond acceptors (Lipinski definition) is 4. The lowest BCUT2D eigenvalue weighted by molar-refractivity contribution is 0.172. The summed E-state index contributed by atoms with van der Waals surface area (Å²) in [6, 6.07) is 20.8. The molecule has 4 aromatic rings. The number of rotatable bonds is 6. The highest BCUT2D eigenvalue weighted by Crippen LogP contribution is 2.24. The number of piperidine rings is 1. The molecule has 176 valence electrons. The third-order valence-electron chi connectivity index (χ3n) is 7.05. The van der Waals surface area contributed by atoms with Gasteiger partial charge in [-0.2, -0.15) is 0 Å². The van der Waals surface area contributed by atoms with Gasteiger partial charge in [0.2, 0.25) is 0 Å². The second-order valence-corrected chi connectivity index (χ2v) is 9.39. The Bertz CT molecular complexity index is 1390. The Morgan fingerprint density at radius 2 is 1.44 bits per heavy atom. The molecule has 0 aliphatic carbocycles. The van der Waals surface area contributed by atoms with Gasteiger partial charge in [-0.3, -0.25) is 18.8 Å². The van der Waals surface area contributed by atoms with Crippen LogP contribution in [0.3, 0.4) is 0 Å². The molecule has 0 amide bonds. The minimum absolute atomic E-state index is 0.297. The average Bonchev–Trinajstić information content (AvgIpc) is 3.21. The molecule has 34 heavy (non-hydrogen) atoms. The SMILES string of the molecule is Cn1c(=O)c2c(nc(CN3CCC(Cc4ccccc4)CC3)n2Cc2ccccc2)n(C)c1=O. The lowest BCUT2D eigenvalue weighted by atomic mass is 9.90. The molecule has 2 aromatic carbocycles. The fraction of sp³-hybridized carbons (Fsp3) is 0.370. The number of nitrogens with zero attached hydrogens (tertiary/aromatic N) is 5. The standard InChI is InChI=1S/C27H31N5O2/c1-29-25-24(26(33)30(2)27(29)34)32(18-22-11-7-4-8-12-22)23(28-25)19-31-15-13-21(14-16-31)17-20-9-5-3-6-10-20/h3-12,21H,13-19H2,1-2H3. The predicted octanol–water partition coefficient (Wildman–Crippen LogP) is 2.94. The zero-order valence-corrected chi connectivity index (χ0v) is 19.9. The zero-order valence-electron chi connectivity index (χ0n) is 19.9. The van der Waals surface area contributed by atoms with Crippen LogP contribution in [0.15, 0.2) is 70.3 Å². The molecule has 7 nitrogen and oxygen atoms in total. The Kier molecular flexibility index (Phi) is 6.20. The summed E-state index contributed by atoms with van der Waals surface area (Å²) in [7, 11) is 3.21. The highest BCUT2D eigenvalue weighted by atomic mass is 16.2. The summed E-state index contributed by atoms with van der Waals surface area (Å²) in [5, 5.41) is 0. The minimum Gasteiger partial charge on any atom is -0.317 e. The molecular weight excluding hydrogens is 426 g/mol. The van der Waals surface area contributed by atoms with E-state index in [4.69, 9.17) is 4.98 Å². The van der Waals surface area contributed by atoms with Gasteiger partial charge in [0.25, 0.3) is 5.56 Å². The highest BCUT2D eigenvalue weighted by molar-refractivity contribution is 5.71. The number of aromatic nitrogens is 4. The smallest absolute Gasteiger partial charge is 0.317 e. The van der Waals surface area contributed by atoms with Crippen molar-refractivity contribution in [3.8, 4) is 0 Å². The summed E-state index contributed by atoms with van der Waals surface area (Å²) in [4.78, 5) is 32.9. The first-order valence-electron chi connectivity index (χ1n) is 12.0. The molecule has 2 aromatic heterocycles. The molecule has 1 fully saturated rings. The monoisotopic (exact) mass is 457 g/mol. The second-order valence-electron chi connectivity index (χ2n) is 9.39. The largest absolute Gasteiger partial charge is 0.332 e. The molecule has 0 saturated carbocycles. The number of hydrogen-bond donors (Lipinski definition) is 0. The minimum atomic E-state index is -0.352. The van der Waals surface area contributed by atoms with Crippen LogP contribution in [0.2, 0.25) is 0 Å². The van der Waals surface area contributed by atoms with E-state index in [0.29, 0.717) is 30.2 Å². The van der Waals surface area contributed by atoms with Crippen LogP contribution in [-0.4, -0.2) is 36.7 Å². The maximum atomic E-state index is 13.1. The summed E-state index contributed by atoms with van der Waals surface area (Å²) in [5.74, 6) is 1.52. The van der Waals surface area contributed by atoms with Gasteiger partial charge in [-0.15, -0.1) is 0 Å². The molecule has 5 rings (SSSR count). The van der Waals surface area contributed by atoms with Crippen molar-refractivity contribution in [3.63, 3.8) is 0 Å². The van der Waals surface area contributed by atoms with E-state index in [2.05, 4.69) is 47.4 Å². The van der Waals surface area contributed by atoms with Gasteiger partial charge in [0, 0.05) is 20.6 Å². The van der Waals surface area contributed by atoms with Crippen molar-refractivity contribution in [2.75, 3.05) is 13.1 Å². The van der Waals surface area contributed by atoms with Crippen LogP contribution in [0.4, 0.5) is 0 Å². The molecule has 7 heteroatoms. The number of fused-ring (bicyclic) bond motifs is 1. The van der Waals surface area contributed by atoms with Gasteiger partial charge in [0.15, 0.2) is 11.2 Å². The Hall–Kier alpha value is -3.45. The van der Waals surface area contributed by atoms with Crippen molar-refractivity contribution < 1.29 is 0 Å². The topological polar surface area (TPSA) is 65.1 Å². The quantitative estimate of drug-likeness (QED) is 0.447. The van der Waals surface area contributed by atoms with Crippen LogP contribution in [-0.2, 0) is 33.6 Å². The van der Waals surface area contributed by atoms with E-state index >= 15 is 0 Å². The first-order valence-corrected chi connectivity index (χ1v) is 12.0. The molecule has 0 atom stereocenters. The molecule has 1 saturated heterocycles. The van der Waals surface area contributed by atoms with Crippen molar-refractivity contribution in [2.24, 2.45) is 20.0 Å². The summed E-state index contributed by atoms with van der Waals surface area (Å²) in [6.07, 6.45) is 3.42. The molecule has 0 unspecified atom stereocenters. The molecule has 1 aliphatic heterocycles. The van der Waals surface area contributed by atoms with E-state index in [0.717, 1.165) is 43.7 Å². The van der Waals surface area contributed by atoms with Gasteiger partial charge >= 0.3 is 5.69 Å². The lowest BCUT2D eigenvalue weighted by Gasteiger charge is -2.31. The van der Waals surface area contributed by atoms with Gasteiger partial charge in [-0.1, -0.05) is 60.7 Å². The van der Waals surface area contributed by atoms with Crippen molar-refractivity contribution >= 4 is 11.2 Å². The second kappa shape index (κ2) is 9.43. The molecule has 0 N–H and O–H groups in total. The van der Waals surface area contributed by atoms with E-state index in [-0.39, 0.29) is 11.2 Å². The first-order chi connectivity index (χ1) is 16.5. The van der Waals surface area contributed by atoms with Gasteiger partial charge in [0.1, 0.15) is 5.82 Å². The van der Waals surface area contributed by atoms with Crippen molar-refractivity contribution in [2.45, 2.75) is 32.4 Å². The summed E-state index contributed by atoms with van der Waals surface area (Å²) in [6.45, 7) is 3.22. The Morgan fingerprint density at radius 1 is 0.824 bits per heavy atom. The van der Waals surface area contributed by atoms with E-state index in [1.165, 1.54) is 21.7 Å². The van der Waals surface area contributed by atoms with E-state index in [9.17, 15) is 9.59 Å². The number of aryl methyl sites for hydroxylation is 1. The normalized spacial score (nSPS) is 15.2.